The number of hydrogen-bond acceptors (Lipinski definition) is 4. The van der Waals surface area contributed by atoms with E-state index in [1.807, 2.05) is 45.0 Å². The number of rotatable bonds is 7. The first-order chi connectivity index (χ1) is 9.29. The van der Waals surface area contributed by atoms with E-state index in [9.17, 15) is 4.79 Å². The maximum absolute atomic E-state index is 12.2. The standard InChI is InChI=1S/C15H25N3O2/c1-15(2,16)11-17-14(19)12-7-5-6-8-13(12)20-10-9-18(3)4/h5-8H,9-11,16H2,1-4H3,(H,17,19). The molecule has 1 aromatic rings. The van der Waals surface area contributed by atoms with E-state index in [1.165, 1.54) is 0 Å². The molecule has 20 heavy (non-hydrogen) atoms. The van der Waals surface area contributed by atoms with E-state index in [0.717, 1.165) is 6.54 Å². The summed E-state index contributed by atoms with van der Waals surface area (Å²) in [6, 6.07) is 7.23. The molecular weight excluding hydrogens is 254 g/mol. The molecule has 0 saturated heterocycles. The number of likely N-dealkylation sites (N-methyl/N-ethyl adjacent to an activating group) is 1. The molecule has 0 unspecified atom stereocenters. The second-order valence-electron chi connectivity index (χ2n) is 5.82. The second kappa shape index (κ2) is 7.26. The Morgan fingerprint density at radius 1 is 1.35 bits per heavy atom. The number of benzene rings is 1. The molecule has 1 rings (SSSR count). The minimum Gasteiger partial charge on any atom is -0.491 e. The maximum atomic E-state index is 12.2. The fourth-order valence-electron chi connectivity index (χ4n) is 1.52. The third-order valence-corrected chi connectivity index (χ3v) is 2.63. The number of para-hydroxylation sites is 1. The van der Waals surface area contributed by atoms with Gasteiger partial charge in [-0.15, -0.1) is 0 Å². The molecule has 0 radical (unpaired) electrons. The lowest BCUT2D eigenvalue weighted by Gasteiger charge is -2.19. The average Bonchev–Trinajstić information content (AvgIpc) is 2.35. The summed E-state index contributed by atoms with van der Waals surface area (Å²) in [5.41, 5.74) is 5.97. The lowest BCUT2D eigenvalue weighted by Crippen LogP contribution is -2.45. The zero-order valence-electron chi connectivity index (χ0n) is 12.8. The van der Waals surface area contributed by atoms with Crippen LogP contribution in [0.25, 0.3) is 0 Å². The third-order valence-electron chi connectivity index (χ3n) is 2.63. The zero-order valence-corrected chi connectivity index (χ0v) is 12.8. The molecule has 5 heteroatoms. The average molecular weight is 279 g/mol. The highest BCUT2D eigenvalue weighted by molar-refractivity contribution is 5.96. The first-order valence-electron chi connectivity index (χ1n) is 6.73. The molecule has 0 aromatic heterocycles. The highest BCUT2D eigenvalue weighted by Crippen LogP contribution is 2.17. The van der Waals surface area contributed by atoms with E-state index in [4.69, 9.17) is 10.5 Å². The van der Waals surface area contributed by atoms with Crippen molar-refractivity contribution in [3.8, 4) is 5.75 Å². The fourth-order valence-corrected chi connectivity index (χ4v) is 1.52. The zero-order chi connectivity index (χ0) is 15.2. The van der Waals surface area contributed by atoms with E-state index in [2.05, 4.69) is 5.32 Å². The van der Waals surface area contributed by atoms with Crippen molar-refractivity contribution in [1.82, 2.24) is 10.2 Å². The van der Waals surface area contributed by atoms with Crippen LogP contribution < -0.4 is 15.8 Å². The summed E-state index contributed by atoms with van der Waals surface area (Å²) < 4.78 is 5.67. The van der Waals surface area contributed by atoms with Crippen LogP contribution in [0.15, 0.2) is 24.3 Å². The Bertz CT molecular complexity index is 439. The van der Waals surface area contributed by atoms with Gasteiger partial charge in [0.15, 0.2) is 0 Å². The summed E-state index contributed by atoms with van der Waals surface area (Å²) in [4.78, 5) is 14.2. The Morgan fingerprint density at radius 2 is 2.00 bits per heavy atom. The summed E-state index contributed by atoms with van der Waals surface area (Å²) in [7, 11) is 3.95. The summed E-state index contributed by atoms with van der Waals surface area (Å²) >= 11 is 0. The van der Waals surface area contributed by atoms with Crippen LogP contribution in [0.3, 0.4) is 0 Å². The Labute approximate surface area is 121 Å². The molecule has 5 nitrogen and oxygen atoms in total. The summed E-state index contributed by atoms with van der Waals surface area (Å²) in [5, 5.41) is 2.82. The lowest BCUT2D eigenvalue weighted by atomic mass is 10.1. The van der Waals surface area contributed by atoms with Crippen LogP contribution in [0.4, 0.5) is 0 Å². The van der Waals surface area contributed by atoms with Crippen molar-refractivity contribution < 1.29 is 9.53 Å². The monoisotopic (exact) mass is 279 g/mol. The van der Waals surface area contributed by atoms with E-state index >= 15 is 0 Å². The van der Waals surface area contributed by atoms with E-state index in [1.54, 1.807) is 12.1 Å². The number of nitrogens with two attached hydrogens (primary N) is 1. The predicted octanol–water partition coefficient (Wildman–Crippen LogP) is 1.09. The number of nitrogens with one attached hydrogen (secondary N) is 1. The second-order valence-corrected chi connectivity index (χ2v) is 5.82. The summed E-state index contributed by atoms with van der Waals surface area (Å²) in [6.07, 6.45) is 0. The molecule has 0 bridgehead atoms. The lowest BCUT2D eigenvalue weighted by molar-refractivity contribution is 0.0941. The number of carbonyl (C=O) groups is 1. The summed E-state index contributed by atoms with van der Waals surface area (Å²) in [5.74, 6) is 0.436. The molecule has 0 spiro atoms. The van der Waals surface area contributed by atoms with Crippen LogP contribution in [-0.2, 0) is 0 Å². The molecular formula is C15H25N3O2. The van der Waals surface area contributed by atoms with Gasteiger partial charge in [0.2, 0.25) is 0 Å². The minimum absolute atomic E-state index is 0.163. The van der Waals surface area contributed by atoms with E-state index in [-0.39, 0.29) is 5.91 Å². The fraction of sp³-hybridized carbons (Fsp3) is 0.533. The summed E-state index contributed by atoms with van der Waals surface area (Å²) in [6.45, 7) is 5.49. The number of hydrogen-bond donors (Lipinski definition) is 2. The smallest absolute Gasteiger partial charge is 0.255 e. The Morgan fingerprint density at radius 3 is 2.60 bits per heavy atom. The van der Waals surface area contributed by atoms with Gasteiger partial charge in [-0.3, -0.25) is 4.79 Å². The van der Waals surface area contributed by atoms with Crippen molar-refractivity contribution in [2.75, 3.05) is 33.8 Å². The molecule has 112 valence electrons. The molecule has 0 aliphatic heterocycles. The van der Waals surface area contributed by atoms with Crippen LogP contribution >= 0.6 is 0 Å². The topological polar surface area (TPSA) is 67.6 Å². The first-order valence-corrected chi connectivity index (χ1v) is 6.73. The van der Waals surface area contributed by atoms with Gasteiger partial charge < -0.3 is 20.7 Å². The Balaban J connectivity index is 2.66. The van der Waals surface area contributed by atoms with Crippen molar-refractivity contribution in [1.29, 1.82) is 0 Å². The van der Waals surface area contributed by atoms with Gasteiger partial charge in [0.25, 0.3) is 5.91 Å². The van der Waals surface area contributed by atoms with E-state index < -0.39 is 5.54 Å². The molecule has 0 heterocycles. The normalized spacial score (nSPS) is 11.5. The van der Waals surface area contributed by atoms with Gasteiger partial charge in [-0.25, -0.2) is 0 Å². The van der Waals surface area contributed by atoms with Crippen LogP contribution in [-0.4, -0.2) is 50.1 Å². The number of nitrogens with zero attached hydrogens (tertiary/aromatic N) is 1. The maximum Gasteiger partial charge on any atom is 0.255 e. The van der Waals surface area contributed by atoms with Crippen molar-refractivity contribution in [2.45, 2.75) is 19.4 Å². The Kier molecular flexibility index (Phi) is 5.98. The molecule has 3 N–H and O–H groups in total. The van der Waals surface area contributed by atoms with Gasteiger partial charge >= 0.3 is 0 Å². The van der Waals surface area contributed by atoms with Gasteiger partial charge in [0, 0.05) is 18.6 Å². The number of ether oxygens (including phenoxy) is 1. The molecule has 0 atom stereocenters. The van der Waals surface area contributed by atoms with Crippen molar-refractivity contribution in [3.63, 3.8) is 0 Å². The molecule has 0 aliphatic carbocycles. The van der Waals surface area contributed by atoms with Gasteiger partial charge in [-0.2, -0.15) is 0 Å². The van der Waals surface area contributed by atoms with Crippen molar-refractivity contribution in [2.24, 2.45) is 5.73 Å². The molecule has 1 aromatic carbocycles. The van der Waals surface area contributed by atoms with Gasteiger partial charge in [-0.1, -0.05) is 12.1 Å². The van der Waals surface area contributed by atoms with E-state index in [0.29, 0.717) is 24.5 Å². The quantitative estimate of drug-likeness (QED) is 0.784. The van der Waals surface area contributed by atoms with Crippen LogP contribution in [0.5, 0.6) is 5.75 Å². The largest absolute Gasteiger partial charge is 0.491 e. The highest BCUT2D eigenvalue weighted by atomic mass is 16.5. The van der Waals surface area contributed by atoms with Gasteiger partial charge in [-0.05, 0) is 40.1 Å². The van der Waals surface area contributed by atoms with Crippen LogP contribution in [0.1, 0.15) is 24.2 Å². The van der Waals surface area contributed by atoms with Crippen LogP contribution in [0, 0.1) is 0 Å². The molecule has 0 fully saturated rings. The third kappa shape index (κ3) is 6.04. The van der Waals surface area contributed by atoms with Crippen molar-refractivity contribution in [3.05, 3.63) is 29.8 Å². The Hall–Kier alpha value is -1.59. The van der Waals surface area contributed by atoms with Gasteiger partial charge in [0.1, 0.15) is 12.4 Å². The minimum atomic E-state index is -0.434. The SMILES string of the molecule is CN(C)CCOc1ccccc1C(=O)NCC(C)(C)N. The highest BCUT2D eigenvalue weighted by Gasteiger charge is 2.16. The number of carbonyl (C=O) groups excluding carboxylic acids is 1. The molecule has 0 aliphatic rings. The number of amides is 1. The van der Waals surface area contributed by atoms with Crippen LogP contribution in [0.2, 0.25) is 0 Å². The predicted molar refractivity (Wildman–Crippen MR) is 81.1 cm³/mol. The molecule has 1 amide bonds. The first kappa shape index (κ1) is 16.5. The van der Waals surface area contributed by atoms with Gasteiger partial charge in [0.05, 0.1) is 5.56 Å². The van der Waals surface area contributed by atoms with Crippen molar-refractivity contribution >= 4 is 5.91 Å². The molecule has 0 saturated carbocycles.